The molecule has 0 saturated heterocycles. The van der Waals surface area contributed by atoms with Gasteiger partial charge in [-0.1, -0.05) is 0 Å². The normalized spacial score (nSPS) is 10.8. The summed E-state index contributed by atoms with van der Waals surface area (Å²) in [4.78, 5) is 33.4. The van der Waals surface area contributed by atoms with Crippen LogP contribution in [0.4, 0.5) is 10.6 Å². The standard InChI is InChI=1S/C19H18N8O/c1-3-22-19(28)26-16-10-27-15(18-23-6-12(2)7-24-18)4-13(5-17(27)25-16)14-8-20-11-21-9-14/h4-11H,3H2,1-2H3,(H2,22,26,28). The molecular formula is C19H18N8O. The second-order valence-corrected chi connectivity index (χ2v) is 6.18. The second-order valence-electron chi connectivity index (χ2n) is 6.18. The molecule has 4 heterocycles. The molecule has 140 valence electrons. The highest BCUT2D eigenvalue weighted by Crippen LogP contribution is 2.27. The van der Waals surface area contributed by atoms with Crippen LogP contribution in [-0.2, 0) is 0 Å². The smallest absolute Gasteiger partial charge is 0.320 e. The summed E-state index contributed by atoms with van der Waals surface area (Å²) in [6.45, 7) is 4.31. The predicted molar refractivity (Wildman–Crippen MR) is 105 cm³/mol. The van der Waals surface area contributed by atoms with Crippen LogP contribution in [0.15, 0.2) is 49.4 Å². The number of imidazole rings is 1. The van der Waals surface area contributed by atoms with E-state index in [0.29, 0.717) is 23.8 Å². The minimum atomic E-state index is -0.310. The lowest BCUT2D eigenvalue weighted by atomic mass is 10.1. The van der Waals surface area contributed by atoms with Crippen molar-refractivity contribution < 1.29 is 4.79 Å². The monoisotopic (exact) mass is 374 g/mol. The Hall–Kier alpha value is -3.88. The van der Waals surface area contributed by atoms with Crippen LogP contribution in [0.1, 0.15) is 12.5 Å². The molecule has 0 aliphatic rings. The Morgan fingerprint density at radius 3 is 2.54 bits per heavy atom. The molecule has 28 heavy (non-hydrogen) atoms. The van der Waals surface area contributed by atoms with Crippen molar-refractivity contribution in [2.75, 3.05) is 11.9 Å². The van der Waals surface area contributed by atoms with Gasteiger partial charge in [-0.15, -0.1) is 0 Å². The molecule has 0 spiro atoms. The molecule has 0 aliphatic carbocycles. The van der Waals surface area contributed by atoms with Gasteiger partial charge in [-0.3, -0.25) is 9.72 Å². The molecule has 2 amide bonds. The summed E-state index contributed by atoms with van der Waals surface area (Å²) in [5.41, 5.74) is 4.08. The number of carbonyl (C=O) groups is 1. The number of aromatic nitrogens is 6. The maximum Gasteiger partial charge on any atom is 0.320 e. The molecule has 9 nitrogen and oxygen atoms in total. The Bertz CT molecular complexity index is 1120. The second kappa shape index (κ2) is 7.39. The SMILES string of the molecule is CCNC(=O)Nc1cn2c(-c3ncc(C)cn3)cc(-c3cncnc3)cc2n1. The van der Waals surface area contributed by atoms with E-state index < -0.39 is 0 Å². The highest BCUT2D eigenvalue weighted by atomic mass is 16.2. The Morgan fingerprint density at radius 2 is 1.82 bits per heavy atom. The van der Waals surface area contributed by atoms with E-state index in [1.165, 1.54) is 6.33 Å². The number of fused-ring (bicyclic) bond motifs is 1. The lowest BCUT2D eigenvalue weighted by Crippen LogP contribution is -2.28. The maximum absolute atomic E-state index is 11.9. The van der Waals surface area contributed by atoms with Crippen molar-refractivity contribution in [1.29, 1.82) is 0 Å². The number of anilines is 1. The first-order valence-electron chi connectivity index (χ1n) is 8.76. The lowest BCUT2D eigenvalue weighted by molar-refractivity contribution is 0.252. The Balaban J connectivity index is 1.86. The number of nitrogens with zero attached hydrogens (tertiary/aromatic N) is 6. The van der Waals surface area contributed by atoms with Crippen molar-refractivity contribution in [2.45, 2.75) is 13.8 Å². The van der Waals surface area contributed by atoms with Crippen LogP contribution >= 0.6 is 0 Å². The fourth-order valence-electron chi connectivity index (χ4n) is 2.78. The summed E-state index contributed by atoms with van der Waals surface area (Å²) in [5, 5.41) is 5.42. The minimum Gasteiger partial charge on any atom is -0.338 e. The fourth-order valence-corrected chi connectivity index (χ4v) is 2.78. The molecule has 4 aromatic rings. The van der Waals surface area contributed by atoms with E-state index in [1.54, 1.807) is 31.0 Å². The van der Waals surface area contributed by atoms with Gasteiger partial charge in [0.2, 0.25) is 0 Å². The molecule has 0 bridgehead atoms. The summed E-state index contributed by atoms with van der Waals surface area (Å²) in [6, 6.07) is 3.54. The number of hydrogen-bond donors (Lipinski definition) is 2. The van der Waals surface area contributed by atoms with Crippen LogP contribution in [0.25, 0.3) is 28.3 Å². The molecule has 0 atom stereocenters. The zero-order valence-electron chi connectivity index (χ0n) is 15.4. The van der Waals surface area contributed by atoms with Crippen molar-refractivity contribution in [1.82, 2.24) is 34.6 Å². The van der Waals surface area contributed by atoms with Crippen LogP contribution < -0.4 is 10.6 Å². The summed E-state index contributed by atoms with van der Waals surface area (Å²) in [5.74, 6) is 0.983. The van der Waals surface area contributed by atoms with Gasteiger partial charge in [0.05, 0.1) is 11.9 Å². The Morgan fingerprint density at radius 1 is 1.07 bits per heavy atom. The first-order valence-corrected chi connectivity index (χ1v) is 8.76. The van der Waals surface area contributed by atoms with Gasteiger partial charge >= 0.3 is 6.03 Å². The molecule has 4 rings (SSSR count). The van der Waals surface area contributed by atoms with E-state index in [2.05, 4.69) is 35.6 Å². The van der Waals surface area contributed by atoms with Crippen LogP contribution in [0.2, 0.25) is 0 Å². The summed E-state index contributed by atoms with van der Waals surface area (Å²) in [7, 11) is 0. The van der Waals surface area contributed by atoms with Gasteiger partial charge < -0.3 is 5.32 Å². The van der Waals surface area contributed by atoms with Gasteiger partial charge in [0, 0.05) is 36.9 Å². The molecule has 0 fully saturated rings. The number of amides is 2. The van der Waals surface area contributed by atoms with Gasteiger partial charge in [0.15, 0.2) is 11.6 Å². The van der Waals surface area contributed by atoms with Crippen LogP contribution in [0.3, 0.4) is 0 Å². The molecular weight excluding hydrogens is 356 g/mol. The van der Waals surface area contributed by atoms with E-state index in [4.69, 9.17) is 0 Å². The Labute approximate surface area is 160 Å². The molecule has 4 aromatic heterocycles. The van der Waals surface area contributed by atoms with Crippen LogP contribution in [0, 0.1) is 6.92 Å². The number of pyridine rings is 1. The third-order valence-electron chi connectivity index (χ3n) is 4.05. The van der Waals surface area contributed by atoms with Crippen molar-refractivity contribution in [3.05, 3.63) is 55.0 Å². The number of aryl methyl sites for hydroxylation is 1. The third-order valence-corrected chi connectivity index (χ3v) is 4.05. The van der Waals surface area contributed by atoms with E-state index >= 15 is 0 Å². The number of nitrogens with one attached hydrogen (secondary N) is 2. The largest absolute Gasteiger partial charge is 0.338 e. The van der Waals surface area contributed by atoms with Crippen molar-refractivity contribution in [3.63, 3.8) is 0 Å². The molecule has 0 aliphatic heterocycles. The van der Waals surface area contributed by atoms with E-state index in [-0.39, 0.29) is 6.03 Å². The quantitative estimate of drug-likeness (QED) is 0.568. The molecule has 0 unspecified atom stereocenters. The van der Waals surface area contributed by atoms with Crippen molar-refractivity contribution in [2.24, 2.45) is 0 Å². The molecule has 2 N–H and O–H groups in total. The number of hydrogen-bond acceptors (Lipinski definition) is 6. The fraction of sp³-hybridized carbons (Fsp3) is 0.158. The zero-order valence-corrected chi connectivity index (χ0v) is 15.4. The average Bonchev–Trinajstić information content (AvgIpc) is 3.11. The lowest BCUT2D eigenvalue weighted by Gasteiger charge is -2.08. The van der Waals surface area contributed by atoms with Crippen LogP contribution in [0.5, 0.6) is 0 Å². The van der Waals surface area contributed by atoms with Gasteiger partial charge in [-0.2, -0.15) is 0 Å². The summed E-state index contributed by atoms with van der Waals surface area (Å²) >= 11 is 0. The average molecular weight is 374 g/mol. The maximum atomic E-state index is 11.9. The van der Waals surface area contributed by atoms with Gasteiger partial charge in [-0.25, -0.2) is 29.7 Å². The number of rotatable bonds is 4. The van der Waals surface area contributed by atoms with Gasteiger partial charge in [0.25, 0.3) is 0 Å². The molecule has 0 radical (unpaired) electrons. The van der Waals surface area contributed by atoms with Crippen molar-refractivity contribution in [3.8, 4) is 22.6 Å². The summed E-state index contributed by atoms with van der Waals surface area (Å²) in [6.07, 6.45) is 10.2. The Kier molecular flexibility index (Phi) is 4.63. The van der Waals surface area contributed by atoms with E-state index in [1.807, 2.05) is 30.4 Å². The first-order chi connectivity index (χ1) is 13.6. The van der Waals surface area contributed by atoms with Crippen molar-refractivity contribution >= 4 is 17.5 Å². The third kappa shape index (κ3) is 3.50. The summed E-state index contributed by atoms with van der Waals surface area (Å²) < 4.78 is 1.85. The molecule has 9 heteroatoms. The molecule has 0 saturated carbocycles. The topological polar surface area (TPSA) is 110 Å². The first kappa shape index (κ1) is 17.5. The van der Waals surface area contributed by atoms with Gasteiger partial charge in [0.1, 0.15) is 12.0 Å². The molecule has 0 aromatic carbocycles. The zero-order chi connectivity index (χ0) is 19.5. The van der Waals surface area contributed by atoms with E-state index in [0.717, 1.165) is 22.4 Å². The number of carbonyl (C=O) groups excluding carboxylic acids is 1. The van der Waals surface area contributed by atoms with Crippen LogP contribution in [-0.4, -0.2) is 41.9 Å². The minimum absolute atomic E-state index is 0.310. The highest BCUT2D eigenvalue weighted by Gasteiger charge is 2.14. The highest BCUT2D eigenvalue weighted by molar-refractivity contribution is 5.88. The predicted octanol–water partition coefficient (Wildman–Crippen LogP) is 2.70. The van der Waals surface area contributed by atoms with Gasteiger partial charge in [-0.05, 0) is 37.1 Å². The van der Waals surface area contributed by atoms with E-state index in [9.17, 15) is 4.79 Å². The number of urea groups is 1.